The summed E-state index contributed by atoms with van der Waals surface area (Å²) in [5.41, 5.74) is 5.58. The van der Waals surface area contributed by atoms with Gasteiger partial charge in [0.1, 0.15) is 11.6 Å². The first-order chi connectivity index (χ1) is 12.1. The van der Waals surface area contributed by atoms with E-state index in [-0.39, 0.29) is 0 Å². The fraction of sp³-hybridized carbons (Fsp3) is 0.227. The number of allylic oxidation sites excluding steroid dienone is 2. The molecule has 128 valence electrons. The number of aryl methyl sites for hydroxylation is 1. The van der Waals surface area contributed by atoms with Crippen LogP contribution in [0.1, 0.15) is 37.1 Å². The van der Waals surface area contributed by atoms with Crippen LogP contribution < -0.4 is 0 Å². The quantitative estimate of drug-likeness (QED) is 0.677. The number of aromatic hydroxyl groups is 1. The van der Waals surface area contributed by atoms with Crippen molar-refractivity contribution in [1.29, 1.82) is 0 Å². The van der Waals surface area contributed by atoms with E-state index in [1.807, 2.05) is 31.3 Å². The van der Waals surface area contributed by atoms with Gasteiger partial charge in [0.2, 0.25) is 0 Å². The zero-order valence-corrected chi connectivity index (χ0v) is 15.0. The monoisotopic (exact) mass is 332 g/mol. The molecule has 3 rings (SSSR count). The molecule has 0 saturated carbocycles. The molecule has 2 aromatic carbocycles. The summed E-state index contributed by atoms with van der Waals surface area (Å²) in [5.74, 6) is 1.24. The van der Waals surface area contributed by atoms with Gasteiger partial charge in [-0.2, -0.15) is 0 Å². The first kappa shape index (κ1) is 17.0. The maximum atomic E-state index is 10.1. The lowest BCUT2D eigenvalue weighted by Crippen LogP contribution is -2.04. The molecule has 0 unspecified atom stereocenters. The van der Waals surface area contributed by atoms with Crippen LogP contribution in [0.5, 0.6) is 5.75 Å². The van der Waals surface area contributed by atoms with Crippen LogP contribution >= 0.6 is 0 Å². The third kappa shape index (κ3) is 3.66. The van der Waals surface area contributed by atoms with Crippen LogP contribution in [0.15, 0.2) is 60.8 Å². The van der Waals surface area contributed by atoms with Crippen LogP contribution in [0, 0.1) is 6.92 Å². The van der Waals surface area contributed by atoms with Crippen LogP contribution in [0.25, 0.3) is 17.0 Å². The molecule has 3 heteroatoms. The second kappa shape index (κ2) is 7.39. The number of para-hydroxylation sites is 1. The van der Waals surface area contributed by atoms with Gasteiger partial charge in [-0.3, -0.25) is 0 Å². The van der Waals surface area contributed by atoms with Gasteiger partial charge in [-0.25, -0.2) is 4.98 Å². The number of nitrogens with zero attached hydrogens (tertiary/aromatic N) is 2. The highest BCUT2D eigenvalue weighted by Gasteiger charge is 2.11. The molecule has 0 aliphatic heterocycles. The van der Waals surface area contributed by atoms with E-state index in [2.05, 4.69) is 53.7 Å². The zero-order valence-electron chi connectivity index (χ0n) is 15.0. The molecule has 25 heavy (non-hydrogen) atoms. The molecule has 1 N–H and O–H groups in total. The summed E-state index contributed by atoms with van der Waals surface area (Å²) in [6.45, 7) is 6.93. The Labute approximate surface area is 149 Å². The average Bonchev–Trinajstić information content (AvgIpc) is 2.98. The van der Waals surface area contributed by atoms with Gasteiger partial charge in [0.05, 0.1) is 6.54 Å². The van der Waals surface area contributed by atoms with E-state index in [1.54, 1.807) is 6.07 Å². The molecule has 0 aliphatic carbocycles. The summed E-state index contributed by atoms with van der Waals surface area (Å²) in [6.07, 6.45) is 5.15. The summed E-state index contributed by atoms with van der Waals surface area (Å²) >= 11 is 0. The highest BCUT2D eigenvalue weighted by atomic mass is 16.3. The number of benzene rings is 2. The molecule has 1 aromatic heterocycles. The molecule has 0 amide bonds. The number of phenols is 1. The minimum absolute atomic E-state index is 0.317. The lowest BCUT2D eigenvalue weighted by Gasteiger charge is -2.12. The number of rotatable bonds is 5. The largest absolute Gasteiger partial charge is 0.508 e. The number of aromatic nitrogens is 2. The van der Waals surface area contributed by atoms with Gasteiger partial charge in [-0.05, 0) is 37.5 Å². The standard InChI is InChI=1S/C22H24N2O/c1-4-7-16(2)18-10-12-19(13-11-18)22-23-14-17(3)24(22)15-20-8-5-6-9-21(20)25/h5-14,25H,4,15H2,1-3H3/b16-7+. The lowest BCUT2D eigenvalue weighted by molar-refractivity contribution is 0.466. The zero-order chi connectivity index (χ0) is 17.8. The maximum Gasteiger partial charge on any atom is 0.140 e. The molecule has 3 aromatic rings. The first-order valence-corrected chi connectivity index (χ1v) is 8.66. The molecule has 3 nitrogen and oxygen atoms in total. The Hall–Kier alpha value is -2.81. The number of phenolic OH excluding ortho intramolecular Hbond substituents is 1. The summed E-state index contributed by atoms with van der Waals surface area (Å²) in [5, 5.41) is 10.1. The molecule has 0 fully saturated rings. The van der Waals surface area contributed by atoms with Crippen LogP contribution in [0.3, 0.4) is 0 Å². The summed E-state index contributed by atoms with van der Waals surface area (Å²) in [7, 11) is 0. The van der Waals surface area contributed by atoms with Crippen LogP contribution in [0.2, 0.25) is 0 Å². The number of hydrogen-bond acceptors (Lipinski definition) is 2. The fourth-order valence-electron chi connectivity index (χ4n) is 3.01. The van der Waals surface area contributed by atoms with E-state index in [0.29, 0.717) is 12.3 Å². The molecule has 1 heterocycles. The van der Waals surface area contributed by atoms with Crippen molar-refractivity contribution in [2.45, 2.75) is 33.7 Å². The van der Waals surface area contributed by atoms with Crippen LogP contribution in [-0.4, -0.2) is 14.7 Å². The van der Waals surface area contributed by atoms with E-state index in [1.165, 1.54) is 11.1 Å². The fourth-order valence-corrected chi connectivity index (χ4v) is 3.01. The molecule has 0 atom stereocenters. The van der Waals surface area contributed by atoms with Gasteiger partial charge >= 0.3 is 0 Å². The van der Waals surface area contributed by atoms with Gasteiger partial charge in [0.15, 0.2) is 0 Å². The third-order valence-corrected chi connectivity index (χ3v) is 4.48. The van der Waals surface area contributed by atoms with Gasteiger partial charge in [-0.15, -0.1) is 0 Å². The predicted molar refractivity (Wildman–Crippen MR) is 104 cm³/mol. The first-order valence-electron chi connectivity index (χ1n) is 8.66. The van der Waals surface area contributed by atoms with Crippen LogP contribution in [0.4, 0.5) is 0 Å². The molecular formula is C22H24N2O. The van der Waals surface area contributed by atoms with Gasteiger partial charge in [0.25, 0.3) is 0 Å². The summed E-state index contributed by atoms with van der Waals surface area (Å²) in [4.78, 5) is 4.59. The molecule has 0 radical (unpaired) electrons. The Balaban J connectivity index is 1.94. The Kier molecular flexibility index (Phi) is 5.03. The van der Waals surface area contributed by atoms with E-state index >= 15 is 0 Å². The smallest absolute Gasteiger partial charge is 0.140 e. The highest BCUT2D eigenvalue weighted by Crippen LogP contribution is 2.25. The van der Waals surface area contributed by atoms with Crippen molar-refractivity contribution >= 4 is 5.57 Å². The van der Waals surface area contributed by atoms with Crippen molar-refractivity contribution in [3.05, 3.63) is 77.6 Å². The van der Waals surface area contributed by atoms with Crippen molar-refractivity contribution in [2.75, 3.05) is 0 Å². The van der Waals surface area contributed by atoms with Crippen LogP contribution in [-0.2, 0) is 6.54 Å². The SMILES string of the molecule is CC/C=C(\C)c1ccc(-c2ncc(C)n2Cc2ccccc2O)cc1. The molecule has 0 aliphatic rings. The van der Waals surface area contributed by atoms with E-state index in [9.17, 15) is 5.11 Å². The minimum Gasteiger partial charge on any atom is -0.508 e. The maximum absolute atomic E-state index is 10.1. The molecule has 0 saturated heterocycles. The summed E-state index contributed by atoms with van der Waals surface area (Å²) in [6, 6.07) is 16.0. The van der Waals surface area contributed by atoms with E-state index < -0.39 is 0 Å². The van der Waals surface area contributed by atoms with Crippen molar-refractivity contribution in [1.82, 2.24) is 9.55 Å². The Morgan fingerprint density at radius 1 is 1.12 bits per heavy atom. The second-order valence-electron chi connectivity index (χ2n) is 6.31. The highest BCUT2D eigenvalue weighted by molar-refractivity contribution is 5.67. The third-order valence-electron chi connectivity index (χ3n) is 4.48. The second-order valence-corrected chi connectivity index (χ2v) is 6.31. The number of hydrogen-bond donors (Lipinski definition) is 1. The van der Waals surface area contributed by atoms with Crippen molar-refractivity contribution in [3.63, 3.8) is 0 Å². The Morgan fingerprint density at radius 2 is 1.84 bits per heavy atom. The average molecular weight is 332 g/mol. The van der Waals surface area contributed by atoms with E-state index in [4.69, 9.17) is 0 Å². The summed E-state index contributed by atoms with van der Waals surface area (Å²) < 4.78 is 2.14. The lowest BCUT2D eigenvalue weighted by atomic mass is 10.0. The van der Waals surface area contributed by atoms with Gasteiger partial charge in [0, 0.05) is 23.0 Å². The Morgan fingerprint density at radius 3 is 2.52 bits per heavy atom. The van der Waals surface area contributed by atoms with E-state index in [0.717, 1.165) is 29.1 Å². The van der Waals surface area contributed by atoms with Gasteiger partial charge in [-0.1, -0.05) is 55.5 Å². The minimum atomic E-state index is 0.317. The van der Waals surface area contributed by atoms with Crippen molar-refractivity contribution in [2.24, 2.45) is 0 Å². The van der Waals surface area contributed by atoms with Crippen molar-refractivity contribution in [3.8, 4) is 17.1 Å². The molecular weight excluding hydrogens is 308 g/mol. The number of imidazole rings is 1. The molecule has 0 bridgehead atoms. The Bertz CT molecular complexity index is 889. The van der Waals surface area contributed by atoms with Crippen molar-refractivity contribution < 1.29 is 5.11 Å². The topological polar surface area (TPSA) is 38.0 Å². The predicted octanol–water partition coefficient (Wildman–Crippen LogP) is 5.43. The van der Waals surface area contributed by atoms with Gasteiger partial charge < -0.3 is 9.67 Å². The normalized spacial score (nSPS) is 11.7. The molecule has 0 spiro atoms.